The Bertz CT molecular complexity index is 748. The number of hydrogen-bond donors (Lipinski definition) is 1. The van der Waals surface area contributed by atoms with Gasteiger partial charge in [0.1, 0.15) is 0 Å². The summed E-state index contributed by atoms with van der Waals surface area (Å²) in [6.07, 6.45) is 4.16. The minimum absolute atomic E-state index is 0.0177. The van der Waals surface area contributed by atoms with Crippen molar-refractivity contribution in [3.8, 4) is 6.07 Å². The van der Waals surface area contributed by atoms with Crippen molar-refractivity contribution in [2.24, 2.45) is 5.92 Å². The van der Waals surface area contributed by atoms with Crippen LogP contribution in [0.5, 0.6) is 0 Å². The van der Waals surface area contributed by atoms with Gasteiger partial charge < -0.3 is 5.32 Å². The highest BCUT2D eigenvalue weighted by molar-refractivity contribution is 7.98. The molecule has 1 fully saturated rings. The predicted octanol–water partition coefficient (Wildman–Crippen LogP) is 4.41. The lowest BCUT2D eigenvalue weighted by molar-refractivity contribution is -0.118. The number of anilines is 1. The van der Waals surface area contributed by atoms with Crippen LogP contribution in [0.25, 0.3) is 0 Å². The molecule has 116 valence electrons. The lowest BCUT2D eigenvalue weighted by Gasteiger charge is -2.18. The second-order valence-electron chi connectivity index (χ2n) is 5.74. The number of amides is 1. The Morgan fingerprint density at radius 2 is 2.00 bits per heavy atom. The third-order valence-corrected chi connectivity index (χ3v) is 4.92. The smallest absolute Gasteiger partial charge is 0.232 e. The maximum atomic E-state index is 12.9. The first-order chi connectivity index (χ1) is 11.2. The summed E-state index contributed by atoms with van der Waals surface area (Å²) in [7, 11) is 0. The minimum Gasteiger partial charge on any atom is -0.324 e. The van der Waals surface area contributed by atoms with E-state index in [0.717, 1.165) is 29.0 Å². The molecule has 0 aromatic heterocycles. The molecule has 0 bridgehead atoms. The first-order valence-electron chi connectivity index (χ1n) is 7.67. The quantitative estimate of drug-likeness (QED) is 0.829. The summed E-state index contributed by atoms with van der Waals surface area (Å²) in [6, 6.07) is 17.5. The van der Waals surface area contributed by atoms with Gasteiger partial charge in [0.05, 0.1) is 23.2 Å². The van der Waals surface area contributed by atoms with Gasteiger partial charge in [-0.05, 0) is 48.8 Å². The zero-order valence-electron chi connectivity index (χ0n) is 13.0. The predicted molar refractivity (Wildman–Crippen MR) is 93.5 cm³/mol. The third kappa shape index (κ3) is 3.57. The molecule has 0 radical (unpaired) electrons. The lowest BCUT2D eigenvalue weighted by Crippen LogP contribution is -2.23. The first-order valence-corrected chi connectivity index (χ1v) is 8.89. The Morgan fingerprint density at radius 1 is 1.26 bits per heavy atom. The van der Waals surface area contributed by atoms with Gasteiger partial charge in [-0.15, -0.1) is 11.8 Å². The van der Waals surface area contributed by atoms with Crippen molar-refractivity contribution >= 4 is 23.4 Å². The monoisotopic (exact) mass is 322 g/mol. The van der Waals surface area contributed by atoms with Gasteiger partial charge in [-0.25, -0.2) is 0 Å². The zero-order chi connectivity index (χ0) is 16.2. The molecule has 2 aromatic carbocycles. The van der Waals surface area contributed by atoms with E-state index in [0.29, 0.717) is 11.5 Å². The van der Waals surface area contributed by atoms with Crippen molar-refractivity contribution in [1.29, 1.82) is 5.26 Å². The largest absolute Gasteiger partial charge is 0.324 e. The molecule has 0 saturated heterocycles. The van der Waals surface area contributed by atoms with E-state index in [9.17, 15) is 4.79 Å². The molecule has 0 heterocycles. The van der Waals surface area contributed by atoms with Crippen LogP contribution in [-0.4, -0.2) is 12.2 Å². The molecule has 1 unspecified atom stereocenters. The van der Waals surface area contributed by atoms with Crippen LogP contribution >= 0.6 is 11.8 Å². The van der Waals surface area contributed by atoms with Gasteiger partial charge in [0.15, 0.2) is 0 Å². The Hall–Kier alpha value is -2.25. The number of carbonyl (C=O) groups excluding carboxylic acids is 1. The number of nitrogens with zero attached hydrogens (tertiary/aromatic N) is 1. The molecule has 3 rings (SSSR count). The Morgan fingerprint density at radius 3 is 2.61 bits per heavy atom. The van der Waals surface area contributed by atoms with Crippen LogP contribution < -0.4 is 5.32 Å². The summed E-state index contributed by atoms with van der Waals surface area (Å²) >= 11 is 1.56. The van der Waals surface area contributed by atoms with E-state index in [1.807, 2.05) is 42.7 Å². The summed E-state index contributed by atoms with van der Waals surface area (Å²) in [5, 5.41) is 12.1. The highest BCUT2D eigenvalue weighted by Crippen LogP contribution is 2.43. The van der Waals surface area contributed by atoms with E-state index in [-0.39, 0.29) is 11.8 Å². The zero-order valence-corrected chi connectivity index (χ0v) is 13.8. The number of hydrogen-bond acceptors (Lipinski definition) is 3. The van der Waals surface area contributed by atoms with Crippen LogP contribution in [0, 0.1) is 17.2 Å². The topological polar surface area (TPSA) is 52.9 Å². The summed E-state index contributed by atoms with van der Waals surface area (Å²) in [5.41, 5.74) is 2.35. The normalized spacial score (nSPS) is 14.8. The fraction of sp³-hybridized carbons (Fsp3) is 0.263. The number of carbonyl (C=O) groups is 1. The molecule has 1 saturated carbocycles. The van der Waals surface area contributed by atoms with E-state index in [4.69, 9.17) is 5.26 Å². The van der Waals surface area contributed by atoms with Crippen LogP contribution in [-0.2, 0) is 4.79 Å². The van der Waals surface area contributed by atoms with Crippen molar-refractivity contribution in [2.75, 3.05) is 11.6 Å². The Balaban J connectivity index is 1.87. The van der Waals surface area contributed by atoms with Gasteiger partial charge in [-0.2, -0.15) is 5.26 Å². The Labute approximate surface area is 140 Å². The summed E-state index contributed by atoms with van der Waals surface area (Å²) in [6.45, 7) is 0. The summed E-state index contributed by atoms with van der Waals surface area (Å²) < 4.78 is 0. The molecule has 1 N–H and O–H groups in total. The molecule has 4 heteroatoms. The van der Waals surface area contributed by atoms with Crippen molar-refractivity contribution in [2.45, 2.75) is 23.7 Å². The summed E-state index contributed by atoms with van der Waals surface area (Å²) in [5.74, 6) is 0.329. The van der Waals surface area contributed by atoms with Crippen molar-refractivity contribution in [3.63, 3.8) is 0 Å². The highest BCUT2D eigenvalue weighted by atomic mass is 32.2. The number of rotatable bonds is 5. The van der Waals surface area contributed by atoms with Crippen LogP contribution in [0.2, 0.25) is 0 Å². The van der Waals surface area contributed by atoms with E-state index in [1.165, 1.54) is 0 Å². The van der Waals surface area contributed by atoms with Crippen LogP contribution in [0.4, 0.5) is 5.69 Å². The molecule has 23 heavy (non-hydrogen) atoms. The maximum Gasteiger partial charge on any atom is 0.232 e. The number of benzene rings is 2. The van der Waals surface area contributed by atoms with E-state index in [2.05, 4.69) is 11.4 Å². The first kappa shape index (κ1) is 15.6. The van der Waals surface area contributed by atoms with E-state index >= 15 is 0 Å². The Kier molecular flexibility index (Phi) is 4.68. The molecule has 1 aliphatic carbocycles. The molecule has 0 spiro atoms. The summed E-state index contributed by atoms with van der Waals surface area (Å²) in [4.78, 5) is 13.8. The van der Waals surface area contributed by atoms with Crippen LogP contribution in [0.15, 0.2) is 53.4 Å². The van der Waals surface area contributed by atoms with E-state index in [1.54, 1.807) is 23.9 Å². The number of thioether (sulfide) groups is 1. The molecule has 1 aliphatic rings. The molecule has 0 aliphatic heterocycles. The number of nitrogens with one attached hydrogen (secondary N) is 1. The lowest BCUT2D eigenvalue weighted by atomic mass is 9.93. The van der Waals surface area contributed by atoms with E-state index < -0.39 is 0 Å². The average molecular weight is 322 g/mol. The molecule has 1 amide bonds. The average Bonchev–Trinajstić information content (AvgIpc) is 3.40. The fourth-order valence-electron chi connectivity index (χ4n) is 2.81. The standard InChI is InChI=1S/C19H18N2OS/c1-23-17-10-7-13(12-20)11-16(17)21-19(22)18(15-8-9-15)14-5-3-2-4-6-14/h2-7,10-11,15,18H,8-9H2,1H3,(H,21,22). The van der Waals surface area contributed by atoms with Crippen molar-refractivity contribution in [3.05, 3.63) is 59.7 Å². The van der Waals surface area contributed by atoms with Crippen LogP contribution in [0.1, 0.15) is 29.9 Å². The third-order valence-electron chi connectivity index (χ3n) is 4.12. The molecular formula is C19H18N2OS. The fourth-order valence-corrected chi connectivity index (χ4v) is 3.35. The van der Waals surface area contributed by atoms with Gasteiger partial charge in [0, 0.05) is 4.90 Å². The highest BCUT2D eigenvalue weighted by Gasteiger charge is 2.37. The van der Waals surface area contributed by atoms with Crippen molar-refractivity contribution < 1.29 is 4.79 Å². The second-order valence-corrected chi connectivity index (χ2v) is 6.59. The van der Waals surface area contributed by atoms with Gasteiger partial charge in [0.25, 0.3) is 0 Å². The van der Waals surface area contributed by atoms with Gasteiger partial charge in [-0.3, -0.25) is 4.79 Å². The van der Waals surface area contributed by atoms with Crippen LogP contribution in [0.3, 0.4) is 0 Å². The van der Waals surface area contributed by atoms with Gasteiger partial charge in [0.2, 0.25) is 5.91 Å². The van der Waals surface area contributed by atoms with Gasteiger partial charge >= 0.3 is 0 Å². The molecule has 2 aromatic rings. The van der Waals surface area contributed by atoms with Crippen molar-refractivity contribution in [1.82, 2.24) is 0 Å². The van der Waals surface area contributed by atoms with Gasteiger partial charge in [-0.1, -0.05) is 30.3 Å². The second kappa shape index (κ2) is 6.89. The molecule has 3 nitrogen and oxygen atoms in total. The maximum absolute atomic E-state index is 12.9. The number of nitriles is 1. The molecule has 1 atom stereocenters. The molecular weight excluding hydrogens is 304 g/mol. The minimum atomic E-state index is -0.114. The SMILES string of the molecule is CSc1ccc(C#N)cc1NC(=O)C(c1ccccc1)C1CC1.